The van der Waals surface area contributed by atoms with E-state index < -0.39 is 5.97 Å². The largest absolute Gasteiger partial charge is 0.494 e. The van der Waals surface area contributed by atoms with Gasteiger partial charge in [0.2, 0.25) is 0 Å². The van der Waals surface area contributed by atoms with Crippen LogP contribution in [0.5, 0.6) is 5.75 Å². The van der Waals surface area contributed by atoms with Gasteiger partial charge < -0.3 is 15.2 Å². The van der Waals surface area contributed by atoms with E-state index in [0.29, 0.717) is 25.3 Å². The highest BCUT2D eigenvalue weighted by Gasteiger charge is 2.15. The van der Waals surface area contributed by atoms with Crippen LogP contribution < -0.4 is 15.0 Å². The molecule has 174 valence electrons. The molecule has 0 unspecified atom stereocenters. The fourth-order valence-corrected chi connectivity index (χ4v) is 4.33. The number of thiophene rings is 1. The number of carbonyl (C=O) groups is 2. The molecule has 3 aromatic rings. The lowest BCUT2D eigenvalue weighted by atomic mass is 10.1. The zero-order valence-corrected chi connectivity index (χ0v) is 19.9. The third-order valence-corrected chi connectivity index (χ3v) is 6.32. The second-order valence-electron chi connectivity index (χ2n) is 7.61. The summed E-state index contributed by atoms with van der Waals surface area (Å²) in [5.41, 5.74) is 2.50. The van der Waals surface area contributed by atoms with Crippen molar-refractivity contribution in [2.24, 2.45) is 0 Å². The van der Waals surface area contributed by atoms with Gasteiger partial charge in [0.25, 0.3) is 0 Å². The number of urea groups is 1. The minimum absolute atomic E-state index is 0.121. The number of carbonyl (C=O) groups excluding carboxylic acids is 1. The van der Waals surface area contributed by atoms with E-state index in [4.69, 9.17) is 9.84 Å². The van der Waals surface area contributed by atoms with Crippen LogP contribution in [0.25, 0.3) is 10.4 Å². The number of hydrogen-bond acceptors (Lipinski definition) is 4. The van der Waals surface area contributed by atoms with Crippen molar-refractivity contribution in [2.75, 3.05) is 23.4 Å². The number of ether oxygens (including phenoxy) is 1. The molecule has 0 spiro atoms. The molecule has 6 nitrogen and oxygen atoms in total. The highest BCUT2D eigenvalue weighted by atomic mass is 32.1. The van der Waals surface area contributed by atoms with Crippen LogP contribution in [-0.4, -0.2) is 30.3 Å². The first-order valence-corrected chi connectivity index (χ1v) is 12.0. The Hall–Kier alpha value is -3.32. The molecule has 0 fully saturated rings. The van der Waals surface area contributed by atoms with Crippen LogP contribution in [-0.2, 0) is 11.2 Å². The van der Waals surface area contributed by atoms with Crippen LogP contribution >= 0.6 is 11.3 Å². The van der Waals surface area contributed by atoms with Crippen LogP contribution in [0.3, 0.4) is 0 Å². The van der Waals surface area contributed by atoms with Crippen LogP contribution in [0.4, 0.5) is 16.2 Å². The zero-order valence-electron chi connectivity index (χ0n) is 19.0. The van der Waals surface area contributed by atoms with E-state index in [-0.39, 0.29) is 12.5 Å². The summed E-state index contributed by atoms with van der Waals surface area (Å²) in [6.45, 7) is 5.26. The van der Waals surface area contributed by atoms with E-state index in [1.165, 1.54) is 0 Å². The standard InChI is InChI=1S/C26H30N2O4S/c1-3-5-17-32-22-11-9-20(10-12-22)27-26(31)28(4-2)21-8-6-7-19(18-21)24-15-13-23(33-24)14-16-25(29)30/h6-13,15,18H,3-5,14,16-17H2,1-2H3,(H,27,31)(H,29,30). The summed E-state index contributed by atoms with van der Waals surface area (Å²) in [5.74, 6) is -0.00428. The summed E-state index contributed by atoms with van der Waals surface area (Å²) < 4.78 is 5.68. The summed E-state index contributed by atoms with van der Waals surface area (Å²) in [6.07, 6.45) is 2.74. The number of benzene rings is 2. The van der Waals surface area contributed by atoms with Gasteiger partial charge in [-0.1, -0.05) is 25.5 Å². The Balaban J connectivity index is 1.67. The number of hydrogen-bond donors (Lipinski definition) is 2. The van der Waals surface area contributed by atoms with Crippen molar-refractivity contribution in [2.45, 2.75) is 39.5 Å². The lowest BCUT2D eigenvalue weighted by molar-refractivity contribution is -0.136. The number of anilines is 2. The Morgan fingerprint density at radius 2 is 1.85 bits per heavy atom. The normalized spacial score (nSPS) is 10.6. The molecule has 0 aliphatic rings. The van der Waals surface area contributed by atoms with Crippen LogP contribution in [0.15, 0.2) is 60.7 Å². The summed E-state index contributed by atoms with van der Waals surface area (Å²) >= 11 is 1.58. The van der Waals surface area contributed by atoms with Crippen molar-refractivity contribution in [3.05, 3.63) is 65.5 Å². The number of aryl methyl sites for hydroxylation is 1. The molecular formula is C26H30N2O4S. The molecule has 2 N–H and O–H groups in total. The summed E-state index contributed by atoms with van der Waals surface area (Å²) in [4.78, 5) is 27.6. The maximum Gasteiger partial charge on any atom is 0.326 e. The monoisotopic (exact) mass is 466 g/mol. The van der Waals surface area contributed by atoms with Gasteiger partial charge in [0.05, 0.1) is 13.0 Å². The number of nitrogens with zero attached hydrogens (tertiary/aromatic N) is 1. The second-order valence-corrected chi connectivity index (χ2v) is 8.78. The smallest absolute Gasteiger partial charge is 0.326 e. The molecule has 1 aromatic heterocycles. The van der Waals surface area contributed by atoms with Crippen molar-refractivity contribution in [1.29, 1.82) is 0 Å². The highest BCUT2D eigenvalue weighted by molar-refractivity contribution is 7.15. The molecule has 0 saturated heterocycles. The Morgan fingerprint density at radius 3 is 2.55 bits per heavy atom. The number of unbranched alkanes of at least 4 members (excludes halogenated alkanes) is 1. The molecule has 1 heterocycles. The van der Waals surface area contributed by atoms with Crippen molar-refractivity contribution >= 4 is 34.7 Å². The second kappa shape index (κ2) is 12.1. The molecule has 0 aliphatic carbocycles. The van der Waals surface area contributed by atoms with Crippen LogP contribution in [0.1, 0.15) is 38.0 Å². The van der Waals surface area contributed by atoms with Crippen LogP contribution in [0, 0.1) is 0 Å². The quantitative estimate of drug-likeness (QED) is 0.309. The molecule has 0 atom stereocenters. The number of nitrogens with one attached hydrogen (secondary N) is 1. The zero-order chi connectivity index (χ0) is 23.6. The fourth-order valence-electron chi connectivity index (χ4n) is 3.33. The Kier molecular flexibility index (Phi) is 8.89. The maximum atomic E-state index is 13.0. The minimum Gasteiger partial charge on any atom is -0.494 e. The Morgan fingerprint density at radius 1 is 1.06 bits per heavy atom. The lowest BCUT2D eigenvalue weighted by Gasteiger charge is -2.22. The lowest BCUT2D eigenvalue weighted by Crippen LogP contribution is -2.34. The molecule has 7 heteroatoms. The average molecular weight is 467 g/mol. The first-order chi connectivity index (χ1) is 16.0. The number of amides is 2. The fraction of sp³-hybridized carbons (Fsp3) is 0.308. The van der Waals surface area contributed by atoms with Gasteiger partial charge in [0.15, 0.2) is 0 Å². The predicted molar refractivity (Wildman–Crippen MR) is 135 cm³/mol. The topological polar surface area (TPSA) is 78.9 Å². The molecule has 0 aliphatic heterocycles. The number of rotatable bonds is 11. The van der Waals surface area contributed by atoms with Gasteiger partial charge >= 0.3 is 12.0 Å². The van der Waals surface area contributed by atoms with E-state index >= 15 is 0 Å². The number of carboxylic acid groups (broad SMARTS) is 1. The molecule has 2 amide bonds. The molecule has 0 saturated carbocycles. The molecule has 0 bridgehead atoms. The molecule has 0 radical (unpaired) electrons. The molecule has 2 aromatic carbocycles. The van der Waals surface area contributed by atoms with Gasteiger partial charge in [-0.2, -0.15) is 0 Å². The summed E-state index contributed by atoms with van der Waals surface area (Å²) in [7, 11) is 0. The summed E-state index contributed by atoms with van der Waals surface area (Å²) in [5, 5.41) is 11.8. The third kappa shape index (κ3) is 7.08. The SMILES string of the molecule is CCCCOc1ccc(NC(=O)N(CC)c2cccc(-c3ccc(CCC(=O)O)s3)c2)cc1. The first-order valence-electron chi connectivity index (χ1n) is 11.2. The average Bonchev–Trinajstić information content (AvgIpc) is 3.29. The van der Waals surface area contributed by atoms with E-state index in [0.717, 1.165) is 39.6 Å². The summed E-state index contributed by atoms with van der Waals surface area (Å²) in [6, 6.07) is 19.0. The van der Waals surface area contributed by atoms with Gasteiger partial charge in [-0.3, -0.25) is 9.69 Å². The van der Waals surface area contributed by atoms with E-state index in [1.807, 2.05) is 67.6 Å². The van der Waals surface area contributed by atoms with Crippen molar-refractivity contribution < 1.29 is 19.4 Å². The molecule has 3 rings (SSSR count). The van der Waals surface area contributed by atoms with Gasteiger partial charge in [0.1, 0.15) is 5.75 Å². The molecular weight excluding hydrogens is 436 g/mol. The third-order valence-electron chi connectivity index (χ3n) is 5.12. The van der Waals surface area contributed by atoms with E-state index in [1.54, 1.807) is 16.2 Å². The van der Waals surface area contributed by atoms with E-state index in [2.05, 4.69) is 12.2 Å². The molecule has 33 heavy (non-hydrogen) atoms. The predicted octanol–water partition coefficient (Wildman–Crippen LogP) is 6.67. The van der Waals surface area contributed by atoms with Crippen molar-refractivity contribution in [3.8, 4) is 16.2 Å². The van der Waals surface area contributed by atoms with Crippen molar-refractivity contribution in [3.63, 3.8) is 0 Å². The maximum absolute atomic E-state index is 13.0. The highest BCUT2D eigenvalue weighted by Crippen LogP contribution is 2.31. The van der Waals surface area contributed by atoms with Crippen LogP contribution in [0.2, 0.25) is 0 Å². The van der Waals surface area contributed by atoms with E-state index in [9.17, 15) is 9.59 Å². The number of carboxylic acids is 1. The van der Waals surface area contributed by atoms with Gasteiger partial charge in [-0.25, -0.2) is 4.79 Å². The van der Waals surface area contributed by atoms with Gasteiger partial charge in [-0.15, -0.1) is 11.3 Å². The van der Waals surface area contributed by atoms with Crippen molar-refractivity contribution in [1.82, 2.24) is 0 Å². The minimum atomic E-state index is -0.796. The number of aliphatic carboxylic acids is 1. The Labute approximate surface area is 198 Å². The van der Waals surface area contributed by atoms with Gasteiger partial charge in [0, 0.05) is 27.7 Å². The Bertz CT molecular complexity index is 1060. The first kappa shape index (κ1) is 24.3. The van der Waals surface area contributed by atoms with Gasteiger partial charge in [-0.05, 0) is 73.9 Å².